The number of aromatic carboxylic acids is 1. The average molecular weight is 344 g/mol. The zero-order valence-electron chi connectivity index (χ0n) is 14.0. The Morgan fingerprint density at radius 1 is 1.30 bits per heavy atom. The minimum absolute atomic E-state index is 0.119. The number of nitrogens with zero attached hydrogens (tertiary/aromatic N) is 2. The molecule has 2 rings (SSSR count). The van der Waals surface area contributed by atoms with Crippen molar-refractivity contribution in [2.24, 2.45) is 0 Å². The summed E-state index contributed by atoms with van der Waals surface area (Å²) in [4.78, 5) is 13.4. The van der Waals surface area contributed by atoms with E-state index in [1.54, 1.807) is 0 Å². The van der Waals surface area contributed by atoms with Gasteiger partial charge in [0.15, 0.2) is 0 Å². The largest absolute Gasteiger partial charge is 0.478 e. The van der Waals surface area contributed by atoms with E-state index < -0.39 is 16.0 Å². The highest BCUT2D eigenvalue weighted by Gasteiger charge is 2.39. The predicted molar refractivity (Wildman–Crippen MR) is 85.2 cm³/mol. The Balaban J connectivity index is 2.36. The first-order valence-electron chi connectivity index (χ1n) is 7.81. The fourth-order valence-corrected chi connectivity index (χ4v) is 5.18. The summed E-state index contributed by atoms with van der Waals surface area (Å²) in [5.41, 5.74) is -0.256. The first-order chi connectivity index (χ1) is 10.7. The number of sulfonamides is 1. The third-order valence-electron chi connectivity index (χ3n) is 4.47. The van der Waals surface area contributed by atoms with Gasteiger partial charge in [-0.25, -0.2) is 13.2 Å². The molecule has 1 aliphatic rings. The van der Waals surface area contributed by atoms with Crippen molar-refractivity contribution in [3.63, 3.8) is 0 Å². The molecule has 2 heterocycles. The summed E-state index contributed by atoms with van der Waals surface area (Å²) in [5, 5.41) is 9.33. The molecule has 1 saturated heterocycles. The van der Waals surface area contributed by atoms with Gasteiger partial charge in [0.2, 0.25) is 10.0 Å². The van der Waals surface area contributed by atoms with Gasteiger partial charge >= 0.3 is 5.97 Å². The van der Waals surface area contributed by atoms with Crippen molar-refractivity contribution >= 4 is 16.0 Å². The minimum atomic E-state index is -3.88. The van der Waals surface area contributed by atoms with Crippen molar-refractivity contribution in [3.8, 4) is 0 Å². The van der Waals surface area contributed by atoms with Gasteiger partial charge in [0, 0.05) is 19.1 Å². The van der Waals surface area contributed by atoms with Crippen LogP contribution in [0.3, 0.4) is 0 Å². The van der Waals surface area contributed by atoms with E-state index in [-0.39, 0.29) is 28.0 Å². The molecule has 1 atom stereocenters. The van der Waals surface area contributed by atoms with E-state index >= 15 is 0 Å². The SMILES string of the molecule is CCN(CC)C1CCN(S(=O)(=O)c2c(C)oc(C)c2C(=O)O)C1. The van der Waals surface area contributed by atoms with Crippen LogP contribution in [0.15, 0.2) is 9.31 Å². The third-order valence-corrected chi connectivity index (χ3v) is 6.49. The molecule has 1 aliphatic heterocycles. The molecule has 0 amide bonds. The third kappa shape index (κ3) is 3.15. The van der Waals surface area contributed by atoms with Crippen molar-refractivity contribution in [3.05, 3.63) is 17.1 Å². The quantitative estimate of drug-likeness (QED) is 0.844. The van der Waals surface area contributed by atoms with Crippen molar-refractivity contribution in [1.82, 2.24) is 9.21 Å². The Morgan fingerprint density at radius 3 is 2.43 bits per heavy atom. The van der Waals surface area contributed by atoms with E-state index in [1.165, 1.54) is 18.2 Å². The van der Waals surface area contributed by atoms with Crippen LogP contribution in [0.5, 0.6) is 0 Å². The maximum absolute atomic E-state index is 12.9. The molecule has 1 unspecified atom stereocenters. The Kier molecular flexibility index (Phi) is 5.17. The summed E-state index contributed by atoms with van der Waals surface area (Å²) < 4.78 is 32.5. The summed E-state index contributed by atoms with van der Waals surface area (Å²) in [7, 11) is -3.88. The Bertz CT molecular complexity index is 691. The van der Waals surface area contributed by atoms with E-state index in [0.29, 0.717) is 13.1 Å². The first kappa shape index (κ1) is 18.0. The van der Waals surface area contributed by atoms with Gasteiger partial charge in [0.25, 0.3) is 0 Å². The molecule has 7 nitrogen and oxygen atoms in total. The van der Waals surface area contributed by atoms with E-state index in [4.69, 9.17) is 4.42 Å². The van der Waals surface area contributed by atoms with Crippen LogP contribution in [0.2, 0.25) is 0 Å². The molecule has 0 bridgehead atoms. The average Bonchev–Trinajstić information content (AvgIpc) is 3.05. The first-order valence-corrected chi connectivity index (χ1v) is 9.25. The van der Waals surface area contributed by atoms with E-state index in [1.807, 2.05) is 13.8 Å². The zero-order valence-corrected chi connectivity index (χ0v) is 14.8. The minimum Gasteiger partial charge on any atom is -0.478 e. The monoisotopic (exact) mass is 344 g/mol. The topological polar surface area (TPSA) is 91.1 Å². The molecule has 0 radical (unpaired) electrons. The fraction of sp³-hybridized carbons (Fsp3) is 0.667. The number of carboxylic acid groups (broad SMARTS) is 1. The van der Waals surface area contributed by atoms with E-state index in [0.717, 1.165) is 19.5 Å². The van der Waals surface area contributed by atoms with Gasteiger partial charge in [0.05, 0.1) is 0 Å². The predicted octanol–water partition coefficient (Wildman–Crippen LogP) is 1.70. The van der Waals surface area contributed by atoms with Crippen molar-refractivity contribution in [2.45, 2.75) is 45.1 Å². The van der Waals surface area contributed by atoms with E-state index in [9.17, 15) is 18.3 Å². The molecule has 1 aromatic heterocycles. The Labute approximate surface area is 136 Å². The smallest absolute Gasteiger partial charge is 0.340 e. The lowest BCUT2D eigenvalue weighted by molar-refractivity contribution is 0.0691. The Hall–Kier alpha value is -1.38. The van der Waals surface area contributed by atoms with Crippen LogP contribution in [-0.2, 0) is 10.0 Å². The van der Waals surface area contributed by atoms with Crippen LogP contribution in [0.1, 0.15) is 42.1 Å². The second-order valence-electron chi connectivity index (χ2n) is 5.75. The van der Waals surface area contributed by atoms with Crippen LogP contribution >= 0.6 is 0 Å². The zero-order chi connectivity index (χ0) is 17.4. The molecule has 0 saturated carbocycles. The molecule has 1 fully saturated rings. The molecular formula is C15H24N2O5S. The van der Waals surface area contributed by atoms with Crippen LogP contribution in [0, 0.1) is 13.8 Å². The second kappa shape index (κ2) is 6.62. The molecule has 1 aromatic rings. The maximum Gasteiger partial charge on any atom is 0.340 e. The van der Waals surface area contributed by atoms with Crippen LogP contribution in [0.4, 0.5) is 0 Å². The van der Waals surface area contributed by atoms with Crippen molar-refractivity contribution < 1.29 is 22.7 Å². The lowest BCUT2D eigenvalue weighted by atomic mass is 10.2. The summed E-state index contributed by atoms with van der Waals surface area (Å²) in [6.45, 7) is 9.56. The molecule has 23 heavy (non-hydrogen) atoms. The fourth-order valence-electron chi connectivity index (χ4n) is 3.32. The number of hydrogen-bond acceptors (Lipinski definition) is 5. The molecule has 0 aromatic carbocycles. The van der Waals surface area contributed by atoms with Gasteiger partial charge in [-0.1, -0.05) is 13.8 Å². The molecule has 130 valence electrons. The second-order valence-corrected chi connectivity index (χ2v) is 7.63. The van der Waals surface area contributed by atoms with Crippen LogP contribution < -0.4 is 0 Å². The number of likely N-dealkylation sites (N-methyl/N-ethyl adjacent to an activating group) is 1. The normalized spacial score (nSPS) is 19.6. The number of rotatable bonds is 6. The number of carboxylic acids is 1. The molecule has 0 spiro atoms. The van der Waals surface area contributed by atoms with Crippen LogP contribution in [-0.4, -0.2) is 60.9 Å². The maximum atomic E-state index is 12.9. The number of hydrogen-bond donors (Lipinski definition) is 1. The number of aryl methyl sites for hydroxylation is 2. The van der Waals surface area contributed by atoms with Gasteiger partial charge in [-0.05, 0) is 33.4 Å². The summed E-state index contributed by atoms with van der Waals surface area (Å²) in [6.07, 6.45) is 0.749. The van der Waals surface area contributed by atoms with Gasteiger partial charge in [-0.3, -0.25) is 4.90 Å². The molecular weight excluding hydrogens is 320 g/mol. The van der Waals surface area contributed by atoms with Gasteiger partial charge in [0.1, 0.15) is 22.0 Å². The van der Waals surface area contributed by atoms with Gasteiger partial charge < -0.3 is 9.52 Å². The number of furan rings is 1. The standard InChI is InChI=1S/C15H24N2O5S/c1-5-16(6-2)12-7-8-17(9-12)23(20,21)14-11(4)22-10(3)13(14)15(18)19/h12H,5-9H2,1-4H3,(H,18,19). The van der Waals surface area contributed by atoms with Crippen molar-refractivity contribution in [1.29, 1.82) is 0 Å². The highest BCUT2D eigenvalue weighted by atomic mass is 32.2. The lowest BCUT2D eigenvalue weighted by Crippen LogP contribution is -2.38. The summed E-state index contributed by atoms with van der Waals surface area (Å²) in [6, 6.07) is 0.168. The Morgan fingerprint density at radius 2 is 1.91 bits per heavy atom. The molecule has 1 N–H and O–H groups in total. The van der Waals surface area contributed by atoms with Gasteiger partial charge in [-0.15, -0.1) is 0 Å². The van der Waals surface area contributed by atoms with E-state index in [2.05, 4.69) is 4.90 Å². The lowest BCUT2D eigenvalue weighted by Gasteiger charge is -2.26. The van der Waals surface area contributed by atoms with Crippen LogP contribution in [0.25, 0.3) is 0 Å². The molecule has 8 heteroatoms. The van der Waals surface area contributed by atoms with Crippen molar-refractivity contribution in [2.75, 3.05) is 26.2 Å². The van der Waals surface area contributed by atoms with Gasteiger partial charge in [-0.2, -0.15) is 4.31 Å². The summed E-state index contributed by atoms with van der Waals surface area (Å²) in [5.74, 6) is -1.03. The highest BCUT2D eigenvalue weighted by molar-refractivity contribution is 7.89. The summed E-state index contributed by atoms with van der Waals surface area (Å²) >= 11 is 0. The molecule has 0 aliphatic carbocycles. The highest BCUT2D eigenvalue weighted by Crippen LogP contribution is 2.31. The number of carbonyl (C=O) groups is 1.